The van der Waals surface area contributed by atoms with Gasteiger partial charge in [-0.3, -0.25) is 37.3 Å². The molecule has 19 heteroatoms. The van der Waals surface area contributed by atoms with Gasteiger partial charge in [0.05, 0.1) is 26.4 Å². The smallest absolute Gasteiger partial charge is 0.462 e. The SMILES string of the molecule is CCCCC/C=C\C/C=C\C/C=C\C/C=C\CCCC(=O)O[C@H](COC(=O)CCCCCCCCC/C=C\CCCCCC)COP(=O)(O)OC[C@H](O)COP(=O)(O)OC[C@@H](COC(=O)CCCCCCC/C=C\CCCCCCCC)OC(=O)CCCCCCCCCCCCCCC. The van der Waals surface area contributed by atoms with Gasteiger partial charge in [0.1, 0.15) is 19.3 Å². The topological polar surface area (TPSA) is 237 Å². The molecule has 0 aromatic rings. The Morgan fingerprint density at radius 1 is 0.280 bits per heavy atom. The van der Waals surface area contributed by atoms with Crippen LogP contribution in [-0.4, -0.2) is 96.7 Å². The Bertz CT molecular complexity index is 2180. The van der Waals surface area contributed by atoms with Crippen molar-refractivity contribution in [2.24, 2.45) is 0 Å². The minimum Gasteiger partial charge on any atom is -0.462 e. The third-order valence-corrected chi connectivity index (χ3v) is 19.0. The first-order chi connectivity index (χ1) is 48.7. The molecule has 0 saturated carbocycles. The second-order valence-corrected chi connectivity index (χ2v) is 29.9. The number of rotatable bonds is 76. The number of carbonyl (C=O) groups is 4. The summed E-state index contributed by atoms with van der Waals surface area (Å²) < 4.78 is 68.5. The van der Waals surface area contributed by atoms with E-state index in [2.05, 4.69) is 88.5 Å². The Morgan fingerprint density at radius 2 is 0.500 bits per heavy atom. The summed E-state index contributed by atoms with van der Waals surface area (Å²) in [4.78, 5) is 72.9. The Kier molecular flexibility index (Phi) is 71.2. The van der Waals surface area contributed by atoms with Crippen LogP contribution in [0.15, 0.2) is 72.9 Å². The van der Waals surface area contributed by atoms with Gasteiger partial charge in [-0.05, 0) is 116 Å². The average molecular weight is 1450 g/mol. The molecule has 0 amide bonds. The van der Waals surface area contributed by atoms with E-state index >= 15 is 0 Å². The summed E-state index contributed by atoms with van der Waals surface area (Å²) in [5.74, 6) is -2.23. The number of ether oxygens (including phenoxy) is 4. The van der Waals surface area contributed by atoms with E-state index in [0.29, 0.717) is 32.1 Å². The van der Waals surface area contributed by atoms with Crippen LogP contribution in [0.25, 0.3) is 0 Å². The summed E-state index contributed by atoms with van der Waals surface area (Å²) in [6.45, 7) is 4.81. The number of hydrogen-bond donors (Lipinski definition) is 3. The van der Waals surface area contributed by atoms with Gasteiger partial charge in [-0.2, -0.15) is 0 Å². The molecule has 0 radical (unpaired) electrons. The van der Waals surface area contributed by atoms with E-state index in [4.69, 9.17) is 37.0 Å². The van der Waals surface area contributed by atoms with Crippen LogP contribution < -0.4 is 0 Å². The molecule has 0 bridgehead atoms. The maximum atomic E-state index is 13.1. The van der Waals surface area contributed by atoms with Gasteiger partial charge in [0.25, 0.3) is 0 Å². The van der Waals surface area contributed by atoms with Crippen LogP contribution in [0.5, 0.6) is 0 Å². The van der Waals surface area contributed by atoms with Gasteiger partial charge < -0.3 is 33.8 Å². The molecule has 100 heavy (non-hydrogen) atoms. The number of aliphatic hydroxyl groups excluding tert-OH is 1. The van der Waals surface area contributed by atoms with Crippen molar-refractivity contribution in [3.8, 4) is 0 Å². The Morgan fingerprint density at radius 3 is 0.830 bits per heavy atom. The normalized spacial score (nSPS) is 14.3. The second-order valence-electron chi connectivity index (χ2n) is 27.0. The predicted octanol–water partition coefficient (Wildman–Crippen LogP) is 23.2. The number of phosphoric ester groups is 2. The van der Waals surface area contributed by atoms with Gasteiger partial charge in [-0.15, -0.1) is 0 Å². The number of allylic oxidation sites excluding steroid dienone is 12. The highest BCUT2D eigenvalue weighted by molar-refractivity contribution is 7.47. The molecule has 17 nitrogen and oxygen atoms in total. The molecule has 0 aromatic carbocycles. The lowest BCUT2D eigenvalue weighted by atomic mass is 10.0. The molecular formula is C81H146O17P2. The fourth-order valence-corrected chi connectivity index (χ4v) is 12.5. The van der Waals surface area contributed by atoms with E-state index in [-0.39, 0.29) is 25.7 Å². The lowest BCUT2D eigenvalue weighted by Gasteiger charge is -2.21. The van der Waals surface area contributed by atoms with Gasteiger partial charge in [-0.1, -0.05) is 293 Å². The van der Waals surface area contributed by atoms with E-state index in [0.717, 1.165) is 128 Å². The molecule has 0 saturated heterocycles. The minimum absolute atomic E-state index is 0.0211. The highest BCUT2D eigenvalue weighted by Gasteiger charge is 2.30. The summed E-state index contributed by atoms with van der Waals surface area (Å²) in [7, 11) is -9.96. The van der Waals surface area contributed by atoms with Gasteiger partial charge in [-0.25, -0.2) is 9.13 Å². The maximum absolute atomic E-state index is 13.1. The standard InChI is InChI=1S/C81H146O17P2/c1-5-9-13-17-21-25-29-33-36-37-40-44-48-52-56-60-64-68-81(86)98-77(72-92-79(84)66-62-58-54-50-46-43-39-35-31-27-23-19-15-11-7-3)74-96-100(89,90)94-70-75(82)69-93-99(87,88)95-73-76(97-80(85)67-63-59-55-51-47-41-32-28-24-20-16-12-8-4)71-91-78(83)65-61-57-53-49-45-42-38-34-30-26-22-18-14-10-6-2/h21,25,27,31,33-34,36,38,40,44,52,56,75-77,82H,5-20,22-24,26,28-30,32,35,37,39,41-43,45-51,53-55,57-74H2,1-4H3,(H,87,88)(H,89,90)/b25-21-,31-27-,36-33-,38-34-,44-40-,56-52-/t75-,76-,77-/m1/s1. The zero-order chi connectivity index (χ0) is 73.2. The highest BCUT2D eigenvalue weighted by atomic mass is 31.2. The summed E-state index contributed by atoms with van der Waals surface area (Å²) in [5.41, 5.74) is 0. The molecule has 0 aliphatic rings. The zero-order valence-corrected chi connectivity index (χ0v) is 65.4. The van der Waals surface area contributed by atoms with Gasteiger partial charge in [0, 0.05) is 25.7 Å². The fraction of sp³-hybridized carbons (Fsp3) is 0.802. The molecule has 0 aromatic heterocycles. The highest BCUT2D eigenvalue weighted by Crippen LogP contribution is 2.45. The van der Waals surface area contributed by atoms with Crippen LogP contribution in [0.2, 0.25) is 0 Å². The third kappa shape index (κ3) is 72.8. The van der Waals surface area contributed by atoms with Gasteiger partial charge >= 0.3 is 39.5 Å². The molecule has 0 aliphatic carbocycles. The number of aliphatic hydroxyl groups is 1. The molecule has 5 atom stereocenters. The van der Waals surface area contributed by atoms with Crippen LogP contribution >= 0.6 is 15.6 Å². The lowest BCUT2D eigenvalue weighted by molar-refractivity contribution is -0.161. The largest absolute Gasteiger partial charge is 0.472 e. The molecule has 582 valence electrons. The number of carbonyl (C=O) groups excluding carboxylic acids is 4. The minimum atomic E-state index is -4.99. The molecule has 2 unspecified atom stereocenters. The number of hydrogen-bond acceptors (Lipinski definition) is 15. The summed E-state index contributed by atoms with van der Waals surface area (Å²) in [5, 5.41) is 10.6. The fourth-order valence-electron chi connectivity index (χ4n) is 11.0. The van der Waals surface area contributed by atoms with Crippen LogP contribution in [0.4, 0.5) is 0 Å². The molecule has 0 aliphatic heterocycles. The van der Waals surface area contributed by atoms with Crippen molar-refractivity contribution in [1.82, 2.24) is 0 Å². The Hall–Kier alpha value is -3.50. The predicted molar refractivity (Wildman–Crippen MR) is 409 cm³/mol. The van der Waals surface area contributed by atoms with Gasteiger partial charge in [0.2, 0.25) is 0 Å². The monoisotopic (exact) mass is 1450 g/mol. The molecule has 0 spiro atoms. The quantitative estimate of drug-likeness (QED) is 0.0169. The molecule has 0 heterocycles. The van der Waals surface area contributed by atoms with Crippen molar-refractivity contribution in [3.05, 3.63) is 72.9 Å². The number of phosphoric acid groups is 2. The van der Waals surface area contributed by atoms with E-state index in [1.807, 2.05) is 12.2 Å². The van der Waals surface area contributed by atoms with E-state index in [1.54, 1.807) is 0 Å². The van der Waals surface area contributed by atoms with Crippen molar-refractivity contribution < 1.29 is 80.2 Å². The zero-order valence-electron chi connectivity index (χ0n) is 63.6. The van der Waals surface area contributed by atoms with Crippen molar-refractivity contribution in [1.29, 1.82) is 0 Å². The van der Waals surface area contributed by atoms with Crippen molar-refractivity contribution in [3.63, 3.8) is 0 Å². The average Bonchev–Trinajstić information content (AvgIpc) is 0.962. The molecule has 0 rings (SSSR count). The van der Waals surface area contributed by atoms with E-state index in [9.17, 15) is 43.2 Å². The van der Waals surface area contributed by atoms with Crippen molar-refractivity contribution in [2.75, 3.05) is 39.6 Å². The summed E-state index contributed by atoms with van der Waals surface area (Å²) >= 11 is 0. The molecule has 0 fully saturated rings. The maximum Gasteiger partial charge on any atom is 0.472 e. The van der Waals surface area contributed by atoms with Crippen LogP contribution in [0.1, 0.15) is 362 Å². The van der Waals surface area contributed by atoms with Crippen LogP contribution in [-0.2, 0) is 65.4 Å². The second kappa shape index (κ2) is 73.8. The first-order valence-corrected chi connectivity index (χ1v) is 43.2. The summed E-state index contributed by atoms with van der Waals surface area (Å²) in [6.07, 6.45) is 74.5. The molecule has 3 N–H and O–H groups in total. The van der Waals surface area contributed by atoms with Gasteiger partial charge in [0.15, 0.2) is 12.2 Å². The first kappa shape index (κ1) is 96.5. The van der Waals surface area contributed by atoms with Crippen LogP contribution in [0.3, 0.4) is 0 Å². The number of unbranched alkanes of at least 4 members (excludes halogenated alkanes) is 38. The Labute approximate surface area is 609 Å². The summed E-state index contributed by atoms with van der Waals surface area (Å²) in [6, 6.07) is 0. The third-order valence-electron chi connectivity index (χ3n) is 17.1. The lowest BCUT2D eigenvalue weighted by Crippen LogP contribution is -2.30. The molecular weight excluding hydrogens is 1310 g/mol. The van der Waals surface area contributed by atoms with Crippen molar-refractivity contribution in [2.45, 2.75) is 380 Å². The number of esters is 4. The Balaban J connectivity index is 5.38. The first-order valence-electron chi connectivity index (χ1n) is 40.2. The van der Waals surface area contributed by atoms with E-state index < -0.39 is 97.5 Å². The van der Waals surface area contributed by atoms with Crippen LogP contribution in [0, 0.1) is 0 Å². The van der Waals surface area contributed by atoms with Crippen molar-refractivity contribution >= 4 is 39.5 Å². The van der Waals surface area contributed by atoms with E-state index in [1.165, 1.54) is 148 Å².